The van der Waals surface area contributed by atoms with Crippen molar-refractivity contribution in [2.75, 3.05) is 21.8 Å². The SMILES string of the molecule is NCc1cccc(N(NC(=O)Nc2ccc(N3CCCCC3=O)c(C(F)(F)F)c2)c2ccccc2Cl)c1. The second-order valence-corrected chi connectivity index (χ2v) is 8.87. The molecule has 194 valence electrons. The van der Waals surface area contributed by atoms with Crippen LogP contribution in [0.1, 0.15) is 30.4 Å². The number of hydrazine groups is 1. The van der Waals surface area contributed by atoms with Crippen molar-refractivity contribution in [3.05, 3.63) is 82.9 Å². The molecular formula is C26H25ClF3N5O2. The van der Waals surface area contributed by atoms with E-state index in [0.717, 1.165) is 16.5 Å². The molecule has 0 radical (unpaired) electrons. The summed E-state index contributed by atoms with van der Waals surface area (Å²) in [4.78, 5) is 26.4. The van der Waals surface area contributed by atoms with Gasteiger partial charge in [0.15, 0.2) is 0 Å². The molecule has 0 aliphatic carbocycles. The summed E-state index contributed by atoms with van der Waals surface area (Å²) in [5, 5.41) is 4.21. The quantitative estimate of drug-likeness (QED) is 0.330. The number of urea groups is 1. The molecule has 0 spiro atoms. The standard InChI is InChI=1S/C26H25ClF3N5O2/c27-21-8-1-2-9-23(21)35(19-7-5-6-17(14-19)16-31)33-25(37)32-18-11-12-22(20(15-18)26(28,29)30)34-13-4-3-10-24(34)36/h1-2,5-9,11-12,14-15H,3-4,10,13,16,31H2,(H2,32,33,37). The summed E-state index contributed by atoms with van der Waals surface area (Å²) in [5.74, 6) is -0.356. The zero-order valence-electron chi connectivity index (χ0n) is 19.7. The molecule has 4 N–H and O–H groups in total. The molecule has 3 aromatic carbocycles. The maximum absolute atomic E-state index is 13.9. The van der Waals surface area contributed by atoms with Crippen LogP contribution in [0.5, 0.6) is 0 Å². The number of halogens is 4. The van der Waals surface area contributed by atoms with E-state index in [2.05, 4.69) is 10.7 Å². The van der Waals surface area contributed by atoms with E-state index in [9.17, 15) is 22.8 Å². The zero-order chi connectivity index (χ0) is 26.6. The highest BCUT2D eigenvalue weighted by Crippen LogP contribution is 2.39. The predicted octanol–water partition coefficient (Wildman–Crippen LogP) is 6.21. The van der Waals surface area contributed by atoms with Gasteiger partial charge in [0.1, 0.15) is 0 Å². The number of carbonyl (C=O) groups excluding carboxylic acids is 2. The number of nitrogens with two attached hydrogens (primary N) is 1. The molecule has 3 amide bonds. The number of anilines is 4. The lowest BCUT2D eigenvalue weighted by Crippen LogP contribution is -2.42. The molecule has 0 atom stereocenters. The monoisotopic (exact) mass is 531 g/mol. The van der Waals surface area contributed by atoms with Crippen molar-refractivity contribution in [1.29, 1.82) is 0 Å². The normalized spacial score (nSPS) is 13.9. The van der Waals surface area contributed by atoms with E-state index in [-0.39, 0.29) is 36.8 Å². The zero-order valence-corrected chi connectivity index (χ0v) is 20.4. The summed E-state index contributed by atoms with van der Waals surface area (Å²) in [5.41, 5.74) is 8.88. The molecular weight excluding hydrogens is 507 g/mol. The van der Waals surface area contributed by atoms with Gasteiger partial charge < -0.3 is 16.0 Å². The Kier molecular flexibility index (Phi) is 7.89. The van der Waals surface area contributed by atoms with Crippen molar-refractivity contribution in [2.45, 2.75) is 32.0 Å². The van der Waals surface area contributed by atoms with Gasteiger partial charge in [0.25, 0.3) is 0 Å². The van der Waals surface area contributed by atoms with Gasteiger partial charge in [-0.1, -0.05) is 35.9 Å². The van der Waals surface area contributed by atoms with E-state index in [1.54, 1.807) is 42.5 Å². The first-order valence-corrected chi connectivity index (χ1v) is 12.0. The highest BCUT2D eigenvalue weighted by Gasteiger charge is 2.37. The number of amides is 3. The van der Waals surface area contributed by atoms with Crippen molar-refractivity contribution in [3.8, 4) is 0 Å². The Morgan fingerprint density at radius 3 is 2.54 bits per heavy atom. The molecule has 4 rings (SSSR count). The lowest BCUT2D eigenvalue weighted by atomic mass is 10.1. The number of carbonyl (C=O) groups is 2. The molecule has 1 aliphatic heterocycles. The van der Waals surface area contributed by atoms with Gasteiger partial charge in [0, 0.05) is 25.2 Å². The number of nitrogens with one attached hydrogen (secondary N) is 2. The van der Waals surface area contributed by atoms with Gasteiger partial charge in [-0.25, -0.2) is 10.2 Å². The molecule has 1 saturated heterocycles. The minimum Gasteiger partial charge on any atom is -0.326 e. The van der Waals surface area contributed by atoms with Crippen LogP contribution in [-0.4, -0.2) is 18.5 Å². The van der Waals surface area contributed by atoms with Gasteiger partial charge in [0.05, 0.1) is 27.6 Å². The highest BCUT2D eigenvalue weighted by atomic mass is 35.5. The molecule has 37 heavy (non-hydrogen) atoms. The van der Waals surface area contributed by atoms with E-state index in [1.807, 2.05) is 6.07 Å². The molecule has 7 nitrogen and oxygen atoms in total. The Labute approximate surface area is 217 Å². The maximum atomic E-state index is 13.9. The lowest BCUT2D eigenvalue weighted by Gasteiger charge is -2.30. The van der Waals surface area contributed by atoms with E-state index in [0.29, 0.717) is 29.2 Å². The number of hydrogen-bond donors (Lipinski definition) is 3. The van der Waals surface area contributed by atoms with Crippen LogP contribution >= 0.6 is 11.6 Å². The lowest BCUT2D eigenvalue weighted by molar-refractivity contribution is -0.137. The number of rotatable bonds is 6. The van der Waals surface area contributed by atoms with Crippen LogP contribution in [0.15, 0.2) is 66.7 Å². The summed E-state index contributed by atoms with van der Waals surface area (Å²) < 4.78 is 41.8. The fourth-order valence-corrected chi connectivity index (χ4v) is 4.34. The average Bonchev–Trinajstić information content (AvgIpc) is 2.88. The molecule has 0 aromatic heterocycles. The van der Waals surface area contributed by atoms with Crippen molar-refractivity contribution >= 4 is 46.3 Å². The van der Waals surface area contributed by atoms with E-state index in [1.165, 1.54) is 17.1 Å². The van der Waals surface area contributed by atoms with Gasteiger partial charge in [-0.3, -0.25) is 9.80 Å². The second kappa shape index (κ2) is 11.1. The van der Waals surface area contributed by atoms with E-state index in [4.69, 9.17) is 17.3 Å². The second-order valence-electron chi connectivity index (χ2n) is 8.46. The van der Waals surface area contributed by atoms with E-state index >= 15 is 0 Å². The molecule has 11 heteroatoms. The summed E-state index contributed by atoms with van der Waals surface area (Å²) in [6.07, 6.45) is -3.27. The van der Waals surface area contributed by atoms with Crippen LogP contribution < -0.4 is 26.4 Å². The first-order valence-electron chi connectivity index (χ1n) is 11.6. The first kappa shape index (κ1) is 26.3. The largest absolute Gasteiger partial charge is 0.418 e. The van der Waals surface area contributed by atoms with Gasteiger partial charge in [0.2, 0.25) is 5.91 Å². The van der Waals surface area contributed by atoms with Crippen LogP contribution in [0, 0.1) is 0 Å². The smallest absolute Gasteiger partial charge is 0.326 e. The fourth-order valence-electron chi connectivity index (χ4n) is 4.12. The Hall–Kier alpha value is -3.76. The molecule has 1 heterocycles. The van der Waals surface area contributed by atoms with Gasteiger partial charge in [-0.15, -0.1) is 0 Å². The molecule has 3 aromatic rings. The molecule has 1 fully saturated rings. The molecule has 0 bridgehead atoms. The first-order chi connectivity index (χ1) is 17.7. The molecule has 0 saturated carbocycles. The summed E-state index contributed by atoms with van der Waals surface area (Å²) in [7, 11) is 0. The Morgan fingerprint density at radius 1 is 1.05 bits per heavy atom. The van der Waals surface area contributed by atoms with Gasteiger partial charge in [-0.05, 0) is 60.9 Å². The minimum atomic E-state index is -4.73. The number of para-hydroxylation sites is 1. The third-order valence-electron chi connectivity index (χ3n) is 5.89. The number of nitrogens with zero attached hydrogens (tertiary/aromatic N) is 2. The summed E-state index contributed by atoms with van der Waals surface area (Å²) in [6.45, 7) is 0.478. The predicted molar refractivity (Wildman–Crippen MR) is 138 cm³/mol. The topological polar surface area (TPSA) is 90.7 Å². The Bertz CT molecular complexity index is 1300. The average molecular weight is 532 g/mol. The van der Waals surface area contributed by atoms with Crippen LogP contribution in [0.2, 0.25) is 5.02 Å². The van der Waals surface area contributed by atoms with Gasteiger partial charge >= 0.3 is 12.2 Å². The third-order valence-corrected chi connectivity index (χ3v) is 6.20. The highest BCUT2D eigenvalue weighted by molar-refractivity contribution is 6.33. The maximum Gasteiger partial charge on any atom is 0.418 e. The molecule has 1 aliphatic rings. The van der Waals surface area contributed by atoms with Crippen molar-refractivity contribution in [3.63, 3.8) is 0 Å². The van der Waals surface area contributed by atoms with Gasteiger partial charge in [-0.2, -0.15) is 13.2 Å². The van der Waals surface area contributed by atoms with E-state index < -0.39 is 17.8 Å². The fraction of sp³-hybridized carbons (Fsp3) is 0.231. The molecule has 0 unspecified atom stereocenters. The van der Waals surface area contributed by atoms with Crippen molar-refractivity contribution in [1.82, 2.24) is 5.43 Å². The number of piperidine rings is 1. The van der Waals surface area contributed by atoms with Crippen LogP contribution in [0.4, 0.5) is 40.7 Å². The Morgan fingerprint density at radius 2 is 1.84 bits per heavy atom. The summed E-state index contributed by atoms with van der Waals surface area (Å²) in [6, 6.07) is 16.4. The van der Waals surface area contributed by atoms with Crippen molar-refractivity contribution < 1.29 is 22.8 Å². The third kappa shape index (κ3) is 6.15. The number of alkyl halides is 3. The Balaban J connectivity index is 1.62. The van der Waals surface area contributed by atoms with Crippen LogP contribution in [0.3, 0.4) is 0 Å². The van der Waals surface area contributed by atoms with Crippen molar-refractivity contribution in [2.24, 2.45) is 5.73 Å². The minimum absolute atomic E-state index is 0.0900. The van der Waals surface area contributed by atoms with Crippen LogP contribution in [-0.2, 0) is 17.5 Å². The number of hydrogen-bond acceptors (Lipinski definition) is 4. The number of benzene rings is 3. The van der Waals surface area contributed by atoms with Crippen LogP contribution in [0.25, 0.3) is 0 Å². The summed E-state index contributed by atoms with van der Waals surface area (Å²) >= 11 is 6.36.